The van der Waals surface area contributed by atoms with E-state index in [1.54, 1.807) is 0 Å². The molecule has 196 valence electrons. The van der Waals surface area contributed by atoms with Gasteiger partial charge in [0.1, 0.15) is 0 Å². The first-order valence-corrected chi connectivity index (χ1v) is 13.1. The average Bonchev–Trinajstić information content (AvgIpc) is 3.35. The summed E-state index contributed by atoms with van der Waals surface area (Å²) in [6.45, 7) is 4.00. The van der Waals surface area contributed by atoms with Crippen LogP contribution in [0.4, 0.5) is 4.79 Å². The number of nitrogens with one attached hydrogen (secondary N) is 3. The van der Waals surface area contributed by atoms with Gasteiger partial charge >= 0.3 is 12.0 Å². The van der Waals surface area contributed by atoms with Gasteiger partial charge in [0.15, 0.2) is 0 Å². The molecule has 0 aromatic rings. The Bertz CT molecular complexity index is 613. The number of carboxylic acids is 1. The zero-order valence-corrected chi connectivity index (χ0v) is 20.6. The van der Waals surface area contributed by atoms with E-state index in [1.807, 2.05) is 11.8 Å². The highest BCUT2D eigenvalue weighted by Crippen LogP contribution is 2.33. The summed E-state index contributed by atoms with van der Waals surface area (Å²) in [5, 5.41) is 17.8. The molecule has 0 radical (unpaired) electrons. The molecule has 12 heteroatoms. The molecular weight excluding hydrogens is 466 g/mol. The third kappa shape index (κ3) is 12.7. The van der Waals surface area contributed by atoms with E-state index in [9.17, 15) is 14.4 Å². The number of urea groups is 1. The number of thioether (sulfide) groups is 1. The molecule has 0 spiro atoms. The van der Waals surface area contributed by atoms with E-state index >= 15 is 0 Å². The van der Waals surface area contributed by atoms with E-state index in [1.165, 1.54) is 0 Å². The number of carbonyl (C=O) groups excluding carboxylic acids is 2. The Morgan fingerprint density at radius 3 is 2.21 bits per heavy atom. The summed E-state index contributed by atoms with van der Waals surface area (Å²) in [5.41, 5.74) is 0. The molecule has 0 aromatic heterocycles. The molecule has 3 atom stereocenters. The van der Waals surface area contributed by atoms with Gasteiger partial charge in [-0.2, -0.15) is 11.8 Å². The number of hydrogen-bond acceptors (Lipinski definition) is 8. The Balaban J connectivity index is 1.27. The Morgan fingerprint density at radius 1 is 0.882 bits per heavy atom. The molecule has 2 rings (SSSR count). The van der Waals surface area contributed by atoms with Crippen LogP contribution in [0, 0.1) is 0 Å². The number of rotatable bonds is 21. The third-order valence-corrected chi connectivity index (χ3v) is 6.95. The van der Waals surface area contributed by atoms with Crippen LogP contribution in [0.2, 0.25) is 0 Å². The molecule has 2 aliphatic heterocycles. The van der Waals surface area contributed by atoms with Crippen molar-refractivity contribution >= 4 is 29.7 Å². The van der Waals surface area contributed by atoms with Crippen molar-refractivity contribution in [3.63, 3.8) is 0 Å². The first kappa shape index (κ1) is 28.6. The van der Waals surface area contributed by atoms with Gasteiger partial charge in [-0.15, -0.1) is 0 Å². The lowest BCUT2D eigenvalue weighted by Gasteiger charge is -2.16. The van der Waals surface area contributed by atoms with Crippen LogP contribution >= 0.6 is 11.8 Å². The molecule has 2 fully saturated rings. The second-order valence-corrected chi connectivity index (χ2v) is 9.44. The summed E-state index contributed by atoms with van der Waals surface area (Å²) in [5.74, 6) is 0.162. The van der Waals surface area contributed by atoms with E-state index in [-0.39, 0.29) is 37.0 Å². The van der Waals surface area contributed by atoms with Crippen LogP contribution in [0.1, 0.15) is 38.5 Å². The number of unbranched alkanes of at least 4 members (excludes halogenated alkanes) is 1. The van der Waals surface area contributed by atoms with E-state index in [4.69, 9.17) is 24.1 Å². The van der Waals surface area contributed by atoms with Gasteiger partial charge in [0, 0.05) is 30.6 Å². The van der Waals surface area contributed by atoms with Crippen LogP contribution in [-0.4, -0.2) is 106 Å². The normalized spacial score (nSPS) is 21.2. The van der Waals surface area contributed by atoms with Gasteiger partial charge in [-0.05, 0) is 19.3 Å². The predicted molar refractivity (Wildman–Crippen MR) is 127 cm³/mol. The van der Waals surface area contributed by atoms with Crippen molar-refractivity contribution in [1.29, 1.82) is 0 Å². The van der Waals surface area contributed by atoms with Crippen LogP contribution in [-0.2, 0) is 28.5 Å². The van der Waals surface area contributed by atoms with Crippen LogP contribution < -0.4 is 16.0 Å². The molecule has 2 heterocycles. The molecule has 11 nitrogen and oxygen atoms in total. The molecule has 3 amide bonds. The molecule has 34 heavy (non-hydrogen) atoms. The molecule has 4 N–H and O–H groups in total. The van der Waals surface area contributed by atoms with Gasteiger partial charge in [-0.25, -0.2) is 4.79 Å². The van der Waals surface area contributed by atoms with Crippen LogP contribution in [0.3, 0.4) is 0 Å². The number of ether oxygens (including phenoxy) is 4. The monoisotopic (exact) mass is 505 g/mol. The average molecular weight is 506 g/mol. The first-order valence-electron chi connectivity index (χ1n) is 12.0. The van der Waals surface area contributed by atoms with E-state index in [2.05, 4.69) is 16.0 Å². The SMILES string of the molecule is O=C(O)CCOCCOCCOCCOCCCNC(=O)CCCC[C@@H]1SC[C@@H]2NC(=O)N[C@@H]21. The summed E-state index contributed by atoms with van der Waals surface area (Å²) < 4.78 is 21.3. The van der Waals surface area contributed by atoms with Crippen molar-refractivity contribution in [3.8, 4) is 0 Å². The molecule has 0 aliphatic carbocycles. The summed E-state index contributed by atoms with van der Waals surface area (Å²) in [7, 11) is 0. The highest BCUT2D eigenvalue weighted by Gasteiger charge is 2.42. The maximum atomic E-state index is 11.9. The standard InChI is InChI=1S/C22H39N3O8S/c26-19(5-2-1-4-18-21-17(16-34-18)24-22(29)25-21)23-7-3-8-30-10-12-32-14-15-33-13-11-31-9-6-20(27)28/h17-18,21H,1-16H2,(H,23,26)(H,27,28)(H2,24,25,29)/t17-,18-,21-/m0/s1. The topological polar surface area (TPSA) is 144 Å². The number of hydrogen-bond donors (Lipinski definition) is 4. The number of carboxylic acid groups (broad SMARTS) is 1. The second-order valence-electron chi connectivity index (χ2n) is 8.16. The Morgan fingerprint density at radius 2 is 1.53 bits per heavy atom. The molecule has 0 aromatic carbocycles. The van der Waals surface area contributed by atoms with Gasteiger partial charge in [0.05, 0.1) is 64.8 Å². The van der Waals surface area contributed by atoms with Crippen molar-refractivity contribution in [2.24, 2.45) is 0 Å². The summed E-state index contributed by atoms with van der Waals surface area (Å²) in [4.78, 5) is 33.6. The van der Waals surface area contributed by atoms with Gasteiger partial charge < -0.3 is 40.0 Å². The van der Waals surface area contributed by atoms with Gasteiger partial charge in [-0.1, -0.05) is 6.42 Å². The zero-order chi connectivity index (χ0) is 24.4. The fourth-order valence-electron chi connectivity index (χ4n) is 3.69. The lowest BCUT2D eigenvalue weighted by molar-refractivity contribution is -0.138. The minimum absolute atomic E-state index is 0.00201. The number of amides is 3. The van der Waals surface area contributed by atoms with Gasteiger partial charge in [-0.3, -0.25) is 9.59 Å². The molecule has 2 aliphatic rings. The van der Waals surface area contributed by atoms with E-state index in [0.717, 1.165) is 31.4 Å². The molecule has 0 saturated carbocycles. The van der Waals surface area contributed by atoms with Crippen LogP contribution in [0.15, 0.2) is 0 Å². The molecular formula is C22H39N3O8S. The van der Waals surface area contributed by atoms with E-state index < -0.39 is 5.97 Å². The number of fused-ring (bicyclic) bond motifs is 1. The van der Waals surface area contributed by atoms with Crippen LogP contribution in [0.5, 0.6) is 0 Å². The number of carbonyl (C=O) groups is 3. The Kier molecular flexibility index (Phi) is 15.0. The van der Waals surface area contributed by atoms with Crippen molar-refractivity contribution in [3.05, 3.63) is 0 Å². The highest BCUT2D eigenvalue weighted by atomic mass is 32.2. The van der Waals surface area contributed by atoms with Crippen molar-refractivity contribution in [2.45, 2.75) is 55.9 Å². The fraction of sp³-hybridized carbons (Fsp3) is 0.864. The van der Waals surface area contributed by atoms with E-state index in [0.29, 0.717) is 64.5 Å². The summed E-state index contributed by atoms with van der Waals surface area (Å²) in [6.07, 6.45) is 4.15. The Hall–Kier alpha value is -1.60. The smallest absolute Gasteiger partial charge is 0.315 e. The summed E-state index contributed by atoms with van der Waals surface area (Å²) in [6, 6.07) is 0.424. The lowest BCUT2D eigenvalue weighted by atomic mass is 10.0. The van der Waals surface area contributed by atoms with Crippen LogP contribution in [0.25, 0.3) is 0 Å². The maximum absolute atomic E-state index is 11.9. The summed E-state index contributed by atoms with van der Waals surface area (Å²) >= 11 is 1.90. The maximum Gasteiger partial charge on any atom is 0.315 e. The zero-order valence-electron chi connectivity index (χ0n) is 19.8. The third-order valence-electron chi connectivity index (χ3n) is 5.44. The quantitative estimate of drug-likeness (QED) is 0.131. The largest absolute Gasteiger partial charge is 0.481 e. The van der Waals surface area contributed by atoms with Gasteiger partial charge in [0.25, 0.3) is 0 Å². The lowest BCUT2D eigenvalue weighted by Crippen LogP contribution is -2.36. The van der Waals surface area contributed by atoms with Crippen molar-refractivity contribution in [1.82, 2.24) is 16.0 Å². The first-order chi connectivity index (χ1) is 16.6. The molecule has 0 unspecified atom stereocenters. The highest BCUT2D eigenvalue weighted by molar-refractivity contribution is 8.00. The second kappa shape index (κ2) is 17.8. The Labute approximate surface area is 205 Å². The number of aliphatic carboxylic acids is 1. The minimum atomic E-state index is -0.874. The minimum Gasteiger partial charge on any atom is -0.481 e. The van der Waals surface area contributed by atoms with Crippen molar-refractivity contribution in [2.75, 3.05) is 65.2 Å². The van der Waals surface area contributed by atoms with Gasteiger partial charge in [0.2, 0.25) is 5.91 Å². The fourth-order valence-corrected chi connectivity index (χ4v) is 5.23. The molecule has 0 bridgehead atoms. The van der Waals surface area contributed by atoms with Crippen molar-refractivity contribution < 1.29 is 38.4 Å². The predicted octanol–water partition coefficient (Wildman–Crippen LogP) is 0.760. The molecule has 2 saturated heterocycles.